The number of ether oxygens (including phenoxy) is 1. The summed E-state index contributed by atoms with van der Waals surface area (Å²) >= 11 is 0. The fourth-order valence-corrected chi connectivity index (χ4v) is 3.20. The predicted molar refractivity (Wildman–Crippen MR) is 87.6 cm³/mol. The molecule has 7 heteroatoms. The van der Waals surface area contributed by atoms with Crippen LogP contribution in [-0.2, 0) is 4.79 Å². The van der Waals surface area contributed by atoms with Gasteiger partial charge in [0.15, 0.2) is 5.72 Å². The maximum Gasteiger partial charge on any atom is 0.267 e. The van der Waals surface area contributed by atoms with E-state index in [2.05, 4.69) is 17.1 Å². The smallest absolute Gasteiger partial charge is 0.267 e. The number of amides is 2. The topological polar surface area (TPSA) is 90.9 Å². The van der Waals surface area contributed by atoms with Gasteiger partial charge in [0.1, 0.15) is 5.75 Å². The highest BCUT2D eigenvalue weighted by molar-refractivity contribution is 5.99. The van der Waals surface area contributed by atoms with Crippen molar-refractivity contribution in [2.75, 3.05) is 19.6 Å². The number of likely N-dealkylation sites (tertiary alicyclic amines) is 1. The number of benzene rings is 1. The fourth-order valence-electron chi connectivity index (χ4n) is 3.20. The quantitative estimate of drug-likeness (QED) is 0.439. The molecular weight excluding hydrogens is 310 g/mol. The van der Waals surface area contributed by atoms with Crippen molar-refractivity contribution in [2.24, 2.45) is 0 Å². The molecular formula is C17H21N3O4. The van der Waals surface area contributed by atoms with Crippen molar-refractivity contribution in [2.45, 2.75) is 25.5 Å². The van der Waals surface area contributed by atoms with Gasteiger partial charge in [0, 0.05) is 12.5 Å². The first-order chi connectivity index (χ1) is 11.5. The number of hydrogen-bond acceptors (Lipinski definition) is 5. The molecule has 1 aromatic rings. The number of nitrogens with zero attached hydrogens (tertiary/aromatic N) is 1. The lowest BCUT2D eigenvalue weighted by Crippen LogP contribution is -2.64. The standard InChI is InChI=1S/C17H21N3O4/c1-2-20-9-3-8-17(11-20)18-16(22)13-10-12(4-6-14(13)24-17)5-7-15(21)19-23/h4-7,10,23H,2-3,8-9,11H2,1H3,(H,18,22)(H,19,21)/b7-5+. The molecule has 24 heavy (non-hydrogen) atoms. The van der Waals surface area contributed by atoms with Gasteiger partial charge in [-0.05, 0) is 43.3 Å². The van der Waals surface area contributed by atoms with Crippen LogP contribution >= 0.6 is 0 Å². The van der Waals surface area contributed by atoms with Crippen LogP contribution in [0, 0.1) is 0 Å². The molecule has 2 heterocycles. The van der Waals surface area contributed by atoms with Crippen molar-refractivity contribution in [3.63, 3.8) is 0 Å². The van der Waals surface area contributed by atoms with Crippen LogP contribution < -0.4 is 15.5 Å². The van der Waals surface area contributed by atoms with E-state index < -0.39 is 11.6 Å². The SMILES string of the molecule is CCN1CCCC2(C1)NC(=O)c1cc(/C=C/C(=O)NO)ccc1O2. The minimum atomic E-state index is -0.660. The zero-order valence-corrected chi connectivity index (χ0v) is 13.5. The largest absolute Gasteiger partial charge is 0.466 e. The van der Waals surface area contributed by atoms with E-state index in [0.717, 1.165) is 25.9 Å². The molecule has 1 aromatic carbocycles. The summed E-state index contributed by atoms with van der Waals surface area (Å²) in [5.74, 6) is -0.245. The normalized spacial score (nSPS) is 23.7. The van der Waals surface area contributed by atoms with Crippen molar-refractivity contribution in [3.05, 3.63) is 35.4 Å². The van der Waals surface area contributed by atoms with Crippen molar-refractivity contribution >= 4 is 17.9 Å². The van der Waals surface area contributed by atoms with Crippen LogP contribution in [0.2, 0.25) is 0 Å². The summed E-state index contributed by atoms with van der Waals surface area (Å²) in [5.41, 5.74) is 1.98. The average Bonchev–Trinajstić information content (AvgIpc) is 2.59. The first kappa shape index (κ1) is 16.5. The predicted octanol–water partition coefficient (Wildman–Crippen LogP) is 1.14. The van der Waals surface area contributed by atoms with Gasteiger partial charge in [0.25, 0.3) is 11.8 Å². The summed E-state index contributed by atoms with van der Waals surface area (Å²) in [6, 6.07) is 5.18. The summed E-state index contributed by atoms with van der Waals surface area (Å²) in [7, 11) is 0. The second-order valence-corrected chi connectivity index (χ2v) is 6.09. The van der Waals surface area contributed by atoms with Crippen LogP contribution in [0.15, 0.2) is 24.3 Å². The van der Waals surface area contributed by atoms with Crippen molar-refractivity contribution < 1.29 is 19.5 Å². The molecule has 3 N–H and O–H groups in total. The van der Waals surface area contributed by atoms with Crippen molar-refractivity contribution in [3.8, 4) is 5.75 Å². The number of rotatable bonds is 3. The van der Waals surface area contributed by atoms with Crippen molar-refractivity contribution in [1.29, 1.82) is 0 Å². The van der Waals surface area contributed by atoms with E-state index in [4.69, 9.17) is 9.94 Å². The molecule has 128 valence electrons. The molecule has 0 aromatic heterocycles. The highest BCUT2D eigenvalue weighted by Gasteiger charge is 2.42. The summed E-state index contributed by atoms with van der Waals surface area (Å²) < 4.78 is 6.15. The third kappa shape index (κ3) is 3.27. The maximum absolute atomic E-state index is 12.5. The molecule has 0 aliphatic carbocycles. The number of hydrogen-bond donors (Lipinski definition) is 3. The van der Waals surface area contributed by atoms with Gasteiger partial charge in [-0.1, -0.05) is 13.0 Å². The Morgan fingerprint density at radius 1 is 1.54 bits per heavy atom. The Hall–Kier alpha value is -2.38. The van der Waals surface area contributed by atoms with Gasteiger partial charge in [-0.3, -0.25) is 19.7 Å². The highest BCUT2D eigenvalue weighted by Crippen LogP contribution is 2.33. The number of nitrogens with one attached hydrogen (secondary N) is 2. The number of carbonyl (C=O) groups is 2. The summed E-state index contributed by atoms with van der Waals surface area (Å²) in [5, 5.41) is 11.5. The lowest BCUT2D eigenvalue weighted by Gasteiger charge is -2.45. The zero-order chi connectivity index (χ0) is 17.2. The van der Waals surface area contributed by atoms with E-state index in [9.17, 15) is 9.59 Å². The first-order valence-electron chi connectivity index (χ1n) is 8.05. The molecule has 1 spiro atoms. The number of hydroxylamine groups is 1. The minimum Gasteiger partial charge on any atom is -0.466 e. The number of carbonyl (C=O) groups excluding carboxylic acids is 2. The zero-order valence-electron chi connectivity index (χ0n) is 13.5. The molecule has 0 bridgehead atoms. The van der Waals surface area contributed by atoms with Crippen LogP contribution in [0.25, 0.3) is 6.08 Å². The third-order valence-corrected chi connectivity index (χ3v) is 4.41. The highest BCUT2D eigenvalue weighted by atomic mass is 16.5. The lowest BCUT2D eigenvalue weighted by atomic mass is 9.97. The van der Waals surface area contributed by atoms with Gasteiger partial charge in [-0.2, -0.15) is 0 Å². The summed E-state index contributed by atoms with van der Waals surface area (Å²) in [6.45, 7) is 4.71. The molecule has 1 fully saturated rings. The van der Waals surface area contributed by atoms with Gasteiger partial charge in [-0.15, -0.1) is 0 Å². The molecule has 7 nitrogen and oxygen atoms in total. The molecule has 3 rings (SSSR count). The number of fused-ring (bicyclic) bond motifs is 1. The van der Waals surface area contributed by atoms with E-state index in [1.165, 1.54) is 17.6 Å². The monoisotopic (exact) mass is 331 g/mol. The molecule has 2 aliphatic heterocycles. The molecule has 1 unspecified atom stereocenters. The Morgan fingerprint density at radius 3 is 3.12 bits per heavy atom. The fraction of sp³-hybridized carbons (Fsp3) is 0.412. The van der Waals surface area contributed by atoms with E-state index in [-0.39, 0.29) is 5.91 Å². The van der Waals surface area contributed by atoms with Gasteiger partial charge in [0.05, 0.1) is 12.1 Å². The van der Waals surface area contributed by atoms with E-state index in [1.807, 2.05) is 0 Å². The Bertz CT molecular complexity index is 688. The van der Waals surface area contributed by atoms with E-state index in [1.54, 1.807) is 18.2 Å². The molecule has 2 aliphatic rings. The Morgan fingerprint density at radius 2 is 2.38 bits per heavy atom. The maximum atomic E-state index is 12.5. The van der Waals surface area contributed by atoms with Crippen LogP contribution in [0.1, 0.15) is 35.7 Å². The second kappa shape index (κ2) is 6.62. The van der Waals surface area contributed by atoms with Crippen LogP contribution in [-0.4, -0.2) is 47.3 Å². The lowest BCUT2D eigenvalue weighted by molar-refractivity contribution is -0.124. The van der Waals surface area contributed by atoms with Crippen LogP contribution in [0.5, 0.6) is 5.75 Å². The molecule has 0 saturated carbocycles. The summed E-state index contributed by atoms with van der Waals surface area (Å²) in [4.78, 5) is 25.9. The average molecular weight is 331 g/mol. The molecule has 0 radical (unpaired) electrons. The third-order valence-electron chi connectivity index (χ3n) is 4.41. The van der Waals surface area contributed by atoms with Crippen LogP contribution in [0.3, 0.4) is 0 Å². The van der Waals surface area contributed by atoms with Crippen LogP contribution in [0.4, 0.5) is 0 Å². The van der Waals surface area contributed by atoms with Crippen molar-refractivity contribution in [1.82, 2.24) is 15.7 Å². The van der Waals surface area contributed by atoms with Gasteiger partial charge in [0.2, 0.25) is 0 Å². The Balaban J connectivity index is 1.83. The minimum absolute atomic E-state index is 0.170. The van der Waals surface area contributed by atoms with Gasteiger partial charge >= 0.3 is 0 Å². The Kier molecular flexibility index (Phi) is 4.55. The van der Waals surface area contributed by atoms with E-state index >= 15 is 0 Å². The molecule has 1 saturated heterocycles. The van der Waals surface area contributed by atoms with Gasteiger partial charge < -0.3 is 10.1 Å². The van der Waals surface area contributed by atoms with Gasteiger partial charge in [-0.25, -0.2) is 5.48 Å². The second-order valence-electron chi connectivity index (χ2n) is 6.09. The molecule has 2 amide bonds. The number of piperidine rings is 1. The summed E-state index contributed by atoms with van der Waals surface area (Å²) in [6.07, 6.45) is 4.46. The number of likely N-dealkylation sites (N-methyl/N-ethyl adjacent to an activating group) is 1. The first-order valence-corrected chi connectivity index (χ1v) is 8.05. The Labute approximate surface area is 140 Å². The molecule has 1 atom stereocenters. The van der Waals surface area contributed by atoms with E-state index in [0.29, 0.717) is 23.4 Å².